The molecule has 0 spiro atoms. The van der Waals surface area contributed by atoms with Gasteiger partial charge in [0.15, 0.2) is 5.65 Å². The van der Waals surface area contributed by atoms with E-state index >= 15 is 0 Å². The Balaban J connectivity index is 2.74. The van der Waals surface area contributed by atoms with E-state index in [4.69, 9.17) is 0 Å². The Morgan fingerprint density at radius 1 is 1.43 bits per heavy atom. The topological polar surface area (TPSA) is 50.4 Å². The minimum Gasteiger partial charge on any atom is -0.389 e. The first-order chi connectivity index (χ1) is 6.59. The van der Waals surface area contributed by atoms with E-state index < -0.39 is 6.10 Å². The van der Waals surface area contributed by atoms with Crippen LogP contribution in [0.25, 0.3) is 5.65 Å². The molecule has 1 atom stereocenters. The summed E-state index contributed by atoms with van der Waals surface area (Å²) in [4.78, 5) is 4.22. The van der Waals surface area contributed by atoms with Gasteiger partial charge >= 0.3 is 0 Å². The first-order valence-electron chi connectivity index (χ1n) is 4.59. The average molecular weight is 191 g/mol. The van der Waals surface area contributed by atoms with Gasteiger partial charge in [0.2, 0.25) is 0 Å². The predicted molar refractivity (Wildman–Crippen MR) is 53.1 cm³/mol. The Kier molecular flexibility index (Phi) is 2.00. The largest absolute Gasteiger partial charge is 0.389 e. The highest BCUT2D eigenvalue weighted by atomic mass is 16.3. The van der Waals surface area contributed by atoms with Gasteiger partial charge in [-0.15, -0.1) is 0 Å². The molecule has 74 valence electrons. The molecule has 1 N–H and O–H groups in total. The minimum atomic E-state index is -0.503. The van der Waals surface area contributed by atoms with E-state index in [1.807, 2.05) is 19.9 Å². The molecule has 2 heterocycles. The summed E-state index contributed by atoms with van der Waals surface area (Å²) < 4.78 is 1.76. The second kappa shape index (κ2) is 3.06. The quantitative estimate of drug-likeness (QED) is 0.741. The van der Waals surface area contributed by atoms with Gasteiger partial charge in [0.25, 0.3) is 0 Å². The summed E-state index contributed by atoms with van der Waals surface area (Å²) in [7, 11) is 0. The summed E-state index contributed by atoms with van der Waals surface area (Å²) in [5, 5.41) is 13.8. The molecule has 0 saturated heterocycles. The van der Waals surface area contributed by atoms with Crippen LogP contribution in [0.15, 0.2) is 12.3 Å². The molecule has 4 heteroatoms. The smallest absolute Gasteiger partial charge is 0.155 e. The van der Waals surface area contributed by atoms with E-state index in [0.29, 0.717) is 0 Å². The lowest BCUT2D eigenvalue weighted by atomic mass is 10.1. The highest BCUT2D eigenvalue weighted by Crippen LogP contribution is 2.17. The van der Waals surface area contributed by atoms with E-state index in [1.165, 1.54) is 0 Å². The molecule has 0 fully saturated rings. The van der Waals surface area contributed by atoms with Gasteiger partial charge in [-0.1, -0.05) is 0 Å². The number of aliphatic hydroxyl groups is 1. The van der Waals surface area contributed by atoms with Crippen LogP contribution in [0.4, 0.5) is 0 Å². The Morgan fingerprint density at radius 3 is 2.79 bits per heavy atom. The van der Waals surface area contributed by atoms with Crippen molar-refractivity contribution in [3.05, 3.63) is 29.2 Å². The first kappa shape index (κ1) is 9.15. The predicted octanol–water partition coefficient (Wildman–Crippen LogP) is 1.40. The van der Waals surface area contributed by atoms with Crippen LogP contribution in [0.2, 0.25) is 0 Å². The lowest BCUT2D eigenvalue weighted by Crippen LogP contribution is -2.04. The van der Waals surface area contributed by atoms with Gasteiger partial charge in [0.1, 0.15) is 0 Å². The number of nitrogens with zero attached hydrogens (tertiary/aromatic N) is 3. The zero-order valence-electron chi connectivity index (χ0n) is 8.52. The molecular weight excluding hydrogens is 178 g/mol. The third-order valence-electron chi connectivity index (χ3n) is 2.33. The van der Waals surface area contributed by atoms with Crippen molar-refractivity contribution in [2.24, 2.45) is 0 Å². The maximum absolute atomic E-state index is 9.49. The van der Waals surface area contributed by atoms with Crippen molar-refractivity contribution in [2.45, 2.75) is 26.9 Å². The van der Waals surface area contributed by atoms with Crippen molar-refractivity contribution < 1.29 is 5.11 Å². The molecule has 0 bridgehead atoms. The normalized spacial score (nSPS) is 13.4. The second-order valence-electron chi connectivity index (χ2n) is 3.53. The maximum Gasteiger partial charge on any atom is 0.155 e. The molecule has 0 aliphatic carbocycles. The van der Waals surface area contributed by atoms with Gasteiger partial charge in [-0.05, 0) is 20.8 Å². The average Bonchev–Trinajstić information content (AvgIpc) is 2.46. The van der Waals surface area contributed by atoms with Crippen LogP contribution in [0.3, 0.4) is 0 Å². The van der Waals surface area contributed by atoms with Crippen LogP contribution < -0.4 is 0 Å². The molecule has 0 aliphatic heterocycles. The van der Waals surface area contributed by atoms with E-state index in [0.717, 1.165) is 22.6 Å². The Bertz CT molecular complexity index is 473. The van der Waals surface area contributed by atoms with Crippen LogP contribution >= 0.6 is 0 Å². The lowest BCUT2D eigenvalue weighted by Gasteiger charge is -2.08. The lowest BCUT2D eigenvalue weighted by molar-refractivity contribution is 0.197. The van der Waals surface area contributed by atoms with Crippen LogP contribution in [0.5, 0.6) is 0 Å². The van der Waals surface area contributed by atoms with E-state index in [2.05, 4.69) is 10.1 Å². The van der Waals surface area contributed by atoms with Crippen molar-refractivity contribution in [1.82, 2.24) is 14.6 Å². The third kappa shape index (κ3) is 1.28. The Hall–Kier alpha value is -1.42. The zero-order chi connectivity index (χ0) is 10.3. The molecule has 4 nitrogen and oxygen atoms in total. The van der Waals surface area contributed by atoms with Gasteiger partial charge in [0.05, 0.1) is 11.8 Å². The molecule has 0 aliphatic rings. The Labute approximate surface area is 82.2 Å². The zero-order valence-corrected chi connectivity index (χ0v) is 8.52. The van der Waals surface area contributed by atoms with Gasteiger partial charge in [-0.3, -0.25) is 0 Å². The summed E-state index contributed by atoms with van der Waals surface area (Å²) in [6, 6.07) is 1.92. The fourth-order valence-corrected chi connectivity index (χ4v) is 1.59. The fraction of sp³-hybridized carbons (Fsp3) is 0.400. The SMILES string of the molecule is Cc1cc2ncc(C(C)O)c(C)n2n1. The second-order valence-corrected chi connectivity index (χ2v) is 3.53. The van der Waals surface area contributed by atoms with Gasteiger partial charge < -0.3 is 5.11 Å². The minimum absolute atomic E-state index is 0.503. The fourth-order valence-electron chi connectivity index (χ4n) is 1.59. The summed E-state index contributed by atoms with van der Waals surface area (Å²) in [6.07, 6.45) is 1.20. The summed E-state index contributed by atoms with van der Waals surface area (Å²) in [5.74, 6) is 0. The highest BCUT2D eigenvalue weighted by Gasteiger charge is 2.10. The van der Waals surface area contributed by atoms with E-state index in [-0.39, 0.29) is 0 Å². The van der Waals surface area contributed by atoms with Gasteiger partial charge in [-0.25, -0.2) is 9.50 Å². The summed E-state index contributed by atoms with van der Waals surface area (Å²) >= 11 is 0. The van der Waals surface area contributed by atoms with Crippen LogP contribution in [0.1, 0.15) is 30.0 Å². The van der Waals surface area contributed by atoms with Crippen LogP contribution in [0, 0.1) is 13.8 Å². The van der Waals surface area contributed by atoms with Gasteiger partial charge in [0, 0.05) is 23.5 Å². The summed E-state index contributed by atoms with van der Waals surface area (Å²) in [6.45, 7) is 5.59. The molecule has 14 heavy (non-hydrogen) atoms. The number of rotatable bonds is 1. The molecule has 0 saturated carbocycles. The number of aliphatic hydroxyl groups excluding tert-OH is 1. The summed E-state index contributed by atoms with van der Waals surface area (Å²) in [5.41, 5.74) is 3.52. The molecule has 0 radical (unpaired) electrons. The van der Waals surface area contributed by atoms with E-state index in [9.17, 15) is 5.11 Å². The van der Waals surface area contributed by atoms with Crippen molar-refractivity contribution in [1.29, 1.82) is 0 Å². The molecule has 0 aromatic carbocycles. The molecule has 2 aromatic rings. The van der Waals surface area contributed by atoms with Gasteiger partial charge in [-0.2, -0.15) is 5.10 Å². The van der Waals surface area contributed by atoms with Crippen LogP contribution in [-0.2, 0) is 0 Å². The first-order valence-corrected chi connectivity index (χ1v) is 4.59. The number of hydrogen-bond acceptors (Lipinski definition) is 3. The molecule has 0 amide bonds. The van der Waals surface area contributed by atoms with E-state index in [1.54, 1.807) is 17.6 Å². The molecular formula is C10H13N3O. The Morgan fingerprint density at radius 2 is 2.14 bits per heavy atom. The van der Waals surface area contributed by atoms with Crippen molar-refractivity contribution in [3.63, 3.8) is 0 Å². The number of hydrogen-bond donors (Lipinski definition) is 1. The van der Waals surface area contributed by atoms with Crippen molar-refractivity contribution in [3.8, 4) is 0 Å². The van der Waals surface area contributed by atoms with Crippen molar-refractivity contribution >= 4 is 5.65 Å². The third-order valence-corrected chi connectivity index (χ3v) is 2.33. The highest BCUT2D eigenvalue weighted by molar-refractivity contribution is 5.41. The van der Waals surface area contributed by atoms with Crippen molar-refractivity contribution in [2.75, 3.05) is 0 Å². The molecule has 2 aromatic heterocycles. The number of aryl methyl sites for hydroxylation is 2. The number of aromatic nitrogens is 3. The standard InChI is InChI=1S/C10H13N3O/c1-6-4-10-11-5-9(8(3)14)7(2)13(10)12-6/h4-5,8,14H,1-3H3. The maximum atomic E-state index is 9.49. The van der Waals surface area contributed by atoms with Crippen LogP contribution in [-0.4, -0.2) is 19.7 Å². The molecule has 2 rings (SSSR count). The monoisotopic (exact) mass is 191 g/mol. The molecule has 1 unspecified atom stereocenters. The number of fused-ring (bicyclic) bond motifs is 1.